The molecular weight excluding hydrogens is 553 g/mol. The summed E-state index contributed by atoms with van der Waals surface area (Å²) in [6, 6.07) is 39.9. The summed E-state index contributed by atoms with van der Waals surface area (Å²) in [5.74, 6) is 2.25. The summed E-state index contributed by atoms with van der Waals surface area (Å²) in [5.41, 5.74) is 14.7. The van der Waals surface area contributed by atoms with Crippen LogP contribution < -0.4 is 31.8 Å². The molecule has 7 aromatic rings. The molecule has 4 heterocycles. The number of hydrogen-bond acceptors (Lipinski definition) is 5. The van der Waals surface area contributed by atoms with Crippen LogP contribution in [0.4, 0.5) is 22.7 Å². The lowest BCUT2D eigenvalue weighted by Gasteiger charge is -2.35. The van der Waals surface area contributed by atoms with E-state index in [0.29, 0.717) is 5.88 Å². The molecule has 0 radical (unpaired) electrons. The summed E-state index contributed by atoms with van der Waals surface area (Å²) in [5, 5.41) is 7.41. The number of fused-ring (bicyclic) bond motifs is 5. The van der Waals surface area contributed by atoms with E-state index < -0.39 is 0 Å². The highest BCUT2D eigenvalue weighted by molar-refractivity contribution is 7.00. The molecule has 2 N–H and O–H groups in total. The zero-order valence-electron chi connectivity index (χ0n) is 24.9. The number of pyridine rings is 1. The SMILES string of the molecule is Cc1cccc(C)c1-n1c(-c2ccc3c(c2)B2c4cc(Oc5ccccn5)ccc4Nc4cccc(c42)N3)nc2ccccc21. The van der Waals surface area contributed by atoms with Crippen LogP contribution in [0.2, 0.25) is 0 Å². The Kier molecular flexibility index (Phi) is 5.62. The second-order valence-corrected chi connectivity index (χ2v) is 11.8. The quantitative estimate of drug-likeness (QED) is 0.217. The topological polar surface area (TPSA) is 64.0 Å². The number of hydrogen-bond donors (Lipinski definition) is 2. The minimum absolute atomic E-state index is 0.00559. The van der Waals surface area contributed by atoms with Crippen molar-refractivity contribution in [2.24, 2.45) is 0 Å². The highest BCUT2D eigenvalue weighted by Crippen LogP contribution is 2.35. The summed E-state index contributed by atoms with van der Waals surface area (Å²) in [7, 11) is 0. The van der Waals surface area contributed by atoms with Gasteiger partial charge in [-0.25, -0.2) is 9.97 Å². The number of nitrogens with zero attached hydrogens (tertiary/aromatic N) is 3. The van der Waals surface area contributed by atoms with Gasteiger partial charge in [-0.3, -0.25) is 4.57 Å². The molecule has 2 aromatic heterocycles. The van der Waals surface area contributed by atoms with E-state index in [1.165, 1.54) is 27.7 Å². The third-order valence-corrected chi connectivity index (χ3v) is 8.97. The van der Waals surface area contributed by atoms with Crippen LogP contribution in [0.3, 0.4) is 0 Å². The lowest BCUT2D eigenvalue weighted by molar-refractivity contribution is 0.463. The molecule has 0 bridgehead atoms. The number of aryl methyl sites for hydroxylation is 2. The van der Waals surface area contributed by atoms with E-state index in [9.17, 15) is 0 Å². The molecule has 0 amide bonds. The van der Waals surface area contributed by atoms with Gasteiger partial charge in [-0.2, -0.15) is 0 Å². The first kappa shape index (κ1) is 25.7. The molecule has 0 fully saturated rings. The van der Waals surface area contributed by atoms with Gasteiger partial charge < -0.3 is 15.4 Å². The maximum Gasteiger partial charge on any atom is 0.252 e. The Morgan fingerprint density at radius 1 is 0.667 bits per heavy atom. The molecule has 0 atom stereocenters. The molecule has 5 aromatic carbocycles. The molecule has 0 aliphatic carbocycles. The first-order chi connectivity index (χ1) is 22.1. The van der Waals surface area contributed by atoms with E-state index in [1.807, 2.05) is 24.3 Å². The van der Waals surface area contributed by atoms with E-state index in [1.54, 1.807) is 6.20 Å². The predicted molar refractivity (Wildman–Crippen MR) is 184 cm³/mol. The second-order valence-electron chi connectivity index (χ2n) is 11.8. The molecule has 0 spiro atoms. The van der Waals surface area contributed by atoms with Gasteiger partial charge in [0.05, 0.1) is 16.7 Å². The average molecular weight is 581 g/mol. The first-order valence-corrected chi connectivity index (χ1v) is 15.2. The van der Waals surface area contributed by atoms with Crippen molar-refractivity contribution in [1.29, 1.82) is 0 Å². The fraction of sp³-hybridized carbons (Fsp3) is 0.0526. The fourth-order valence-corrected chi connectivity index (χ4v) is 7.01. The van der Waals surface area contributed by atoms with Gasteiger partial charge in [0, 0.05) is 40.6 Å². The van der Waals surface area contributed by atoms with Crippen molar-refractivity contribution in [2.45, 2.75) is 13.8 Å². The third-order valence-electron chi connectivity index (χ3n) is 8.97. The van der Waals surface area contributed by atoms with E-state index >= 15 is 0 Å². The number of nitrogens with one attached hydrogen (secondary N) is 2. The summed E-state index contributed by atoms with van der Waals surface area (Å²) in [4.78, 5) is 9.60. The van der Waals surface area contributed by atoms with Crippen LogP contribution in [0.15, 0.2) is 121 Å². The van der Waals surface area contributed by atoms with Crippen LogP contribution >= 0.6 is 0 Å². The molecule has 2 aliphatic heterocycles. The zero-order chi connectivity index (χ0) is 30.1. The Bertz CT molecular complexity index is 2260. The second kappa shape index (κ2) is 9.86. The third kappa shape index (κ3) is 4.04. The lowest BCUT2D eigenvalue weighted by Crippen LogP contribution is -2.59. The molecule has 0 unspecified atom stereocenters. The minimum atomic E-state index is -0.00559. The molecule has 45 heavy (non-hydrogen) atoms. The minimum Gasteiger partial charge on any atom is -0.439 e. The first-order valence-electron chi connectivity index (χ1n) is 15.2. The number of para-hydroxylation sites is 3. The maximum absolute atomic E-state index is 6.21. The van der Waals surface area contributed by atoms with Crippen molar-refractivity contribution in [3.05, 3.63) is 133 Å². The van der Waals surface area contributed by atoms with Crippen LogP contribution in [-0.4, -0.2) is 21.2 Å². The van der Waals surface area contributed by atoms with Crippen LogP contribution in [0, 0.1) is 13.8 Å². The summed E-state index contributed by atoms with van der Waals surface area (Å²) in [6.45, 7) is 4.34. The Morgan fingerprint density at radius 3 is 2.16 bits per heavy atom. The molecule has 214 valence electrons. The Morgan fingerprint density at radius 2 is 1.38 bits per heavy atom. The average Bonchev–Trinajstić information content (AvgIpc) is 3.44. The largest absolute Gasteiger partial charge is 0.439 e. The monoisotopic (exact) mass is 581 g/mol. The molecule has 0 saturated heterocycles. The normalized spacial score (nSPS) is 12.5. The molecule has 6 nitrogen and oxygen atoms in total. The van der Waals surface area contributed by atoms with E-state index in [0.717, 1.165) is 56.4 Å². The van der Waals surface area contributed by atoms with Gasteiger partial charge in [0.2, 0.25) is 5.88 Å². The number of anilines is 4. The van der Waals surface area contributed by atoms with Gasteiger partial charge in [-0.05, 0) is 102 Å². The highest BCUT2D eigenvalue weighted by atomic mass is 16.5. The van der Waals surface area contributed by atoms with Crippen molar-refractivity contribution >= 4 is 56.9 Å². The number of benzene rings is 5. The van der Waals surface area contributed by atoms with Gasteiger partial charge in [-0.1, -0.05) is 48.5 Å². The molecule has 2 aliphatic rings. The number of rotatable bonds is 4. The Labute approximate surface area is 261 Å². The fourth-order valence-electron chi connectivity index (χ4n) is 7.01. The van der Waals surface area contributed by atoms with Crippen molar-refractivity contribution in [3.63, 3.8) is 0 Å². The number of aromatic nitrogens is 3. The van der Waals surface area contributed by atoms with Crippen LogP contribution in [0.5, 0.6) is 11.6 Å². The van der Waals surface area contributed by atoms with Crippen LogP contribution in [0.25, 0.3) is 28.1 Å². The summed E-state index contributed by atoms with van der Waals surface area (Å²) >= 11 is 0. The number of ether oxygens (including phenoxy) is 1. The molecule has 9 rings (SSSR count). The molecule has 0 saturated carbocycles. The summed E-state index contributed by atoms with van der Waals surface area (Å²) in [6.07, 6.45) is 1.74. The van der Waals surface area contributed by atoms with Gasteiger partial charge in [0.25, 0.3) is 6.71 Å². The maximum atomic E-state index is 6.21. The standard InChI is InChI=1S/C38H28BN5O/c1-23-9-7-10-24(2)37(23)44-34-14-4-3-11-31(34)43-38(44)25-16-18-29-27(21-25)39-28-22-26(45-35-15-5-6-20-40-35)17-19-30(28)42-33-13-8-12-32(41-29)36(33)39/h3-22,41-42H,1-2H3. The van der Waals surface area contributed by atoms with Crippen LogP contribution in [-0.2, 0) is 0 Å². The van der Waals surface area contributed by atoms with Crippen molar-refractivity contribution in [3.8, 4) is 28.7 Å². The lowest BCUT2D eigenvalue weighted by atomic mass is 9.33. The van der Waals surface area contributed by atoms with E-state index in [4.69, 9.17) is 9.72 Å². The number of imidazole rings is 1. The van der Waals surface area contributed by atoms with Gasteiger partial charge >= 0.3 is 0 Å². The van der Waals surface area contributed by atoms with Gasteiger partial charge in [0.1, 0.15) is 11.6 Å². The van der Waals surface area contributed by atoms with Gasteiger partial charge in [0.15, 0.2) is 0 Å². The Hall–Kier alpha value is -5.82. The summed E-state index contributed by atoms with van der Waals surface area (Å²) < 4.78 is 8.53. The molecule has 7 heteroatoms. The van der Waals surface area contributed by atoms with Crippen LogP contribution in [0.1, 0.15) is 11.1 Å². The zero-order valence-corrected chi connectivity index (χ0v) is 24.9. The molecular formula is C38H28BN5O. The van der Waals surface area contributed by atoms with Crippen molar-refractivity contribution in [2.75, 3.05) is 10.6 Å². The smallest absolute Gasteiger partial charge is 0.252 e. The predicted octanol–water partition coefficient (Wildman–Crippen LogP) is 7.13. The van der Waals surface area contributed by atoms with Crippen molar-refractivity contribution in [1.82, 2.24) is 14.5 Å². The van der Waals surface area contributed by atoms with Gasteiger partial charge in [-0.15, -0.1) is 0 Å². The Balaban J connectivity index is 1.25. The van der Waals surface area contributed by atoms with E-state index in [2.05, 4.69) is 125 Å². The highest BCUT2D eigenvalue weighted by Gasteiger charge is 2.38. The van der Waals surface area contributed by atoms with Crippen molar-refractivity contribution < 1.29 is 4.74 Å². The van der Waals surface area contributed by atoms with E-state index in [-0.39, 0.29) is 6.71 Å².